The highest BCUT2D eigenvalue weighted by Gasteiger charge is 2.12. The average Bonchev–Trinajstić information content (AvgIpc) is 2.78. The second-order valence-corrected chi connectivity index (χ2v) is 4.75. The summed E-state index contributed by atoms with van der Waals surface area (Å²) in [6.45, 7) is 3.60. The van der Waals surface area contributed by atoms with Gasteiger partial charge in [-0.2, -0.15) is 0 Å². The van der Waals surface area contributed by atoms with E-state index >= 15 is 0 Å². The number of anilines is 2. The van der Waals surface area contributed by atoms with Gasteiger partial charge in [-0.15, -0.1) is 11.3 Å². The molecule has 0 N–H and O–H groups in total. The third-order valence-corrected chi connectivity index (χ3v) is 3.53. The molecule has 3 nitrogen and oxygen atoms in total. The molecule has 1 heterocycles. The molecule has 17 heavy (non-hydrogen) atoms. The number of hydrogen-bond acceptors (Lipinski definition) is 4. The minimum Gasteiger partial charge on any atom is -0.321 e. The van der Waals surface area contributed by atoms with Crippen molar-refractivity contribution in [1.82, 2.24) is 4.98 Å². The summed E-state index contributed by atoms with van der Waals surface area (Å²) in [6.07, 6.45) is 0. The molecule has 0 amide bonds. The third-order valence-electron chi connectivity index (χ3n) is 2.62. The van der Waals surface area contributed by atoms with Gasteiger partial charge in [0.25, 0.3) is 0 Å². The van der Waals surface area contributed by atoms with Crippen molar-refractivity contribution in [3.8, 4) is 0 Å². The fourth-order valence-corrected chi connectivity index (χ4v) is 2.47. The molecule has 0 bridgehead atoms. The Hall–Kier alpha value is -1.68. The second-order valence-electron chi connectivity index (χ2n) is 3.92. The molecular formula is C13H14N2OS. The van der Waals surface area contributed by atoms with Gasteiger partial charge in [0.2, 0.25) is 0 Å². The summed E-state index contributed by atoms with van der Waals surface area (Å²) in [5.41, 5.74) is 2.83. The van der Waals surface area contributed by atoms with Crippen LogP contribution in [0.4, 0.5) is 10.8 Å². The van der Waals surface area contributed by atoms with Gasteiger partial charge in [0.1, 0.15) is 5.69 Å². The van der Waals surface area contributed by atoms with E-state index in [2.05, 4.69) is 18.0 Å². The Labute approximate surface area is 105 Å². The highest BCUT2D eigenvalue weighted by atomic mass is 32.1. The predicted molar refractivity (Wildman–Crippen MR) is 71.4 cm³/mol. The summed E-state index contributed by atoms with van der Waals surface area (Å²) in [4.78, 5) is 17.5. The van der Waals surface area contributed by atoms with E-state index < -0.39 is 0 Å². The predicted octanol–water partition coefficient (Wildman–Crippen LogP) is 3.42. The van der Waals surface area contributed by atoms with Gasteiger partial charge in [-0.25, -0.2) is 4.98 Å². The van der Waals surface area contributed by atoms with E-state index in [1.165, 1.54) is 23.8 Å². The van der Waals surface area contributed by atoms with Gasteiger partial charge in [-0.1, -0.05) is 18.2 Å². The number of carbonyl (C=O) groups excluding carboxylic acids is 1. The van der Waals surface area contributed by atoms with Crippen molar-refractivity contribution in [2.45, 2.75) is 13.8 Å². The molecule has 0 unspecified atom stereocenters. The maximum Gasteiger partial charge on any atom is 0.190 e. The Morgan fingerprint density at radius 1 is 1.35 bits per heavy atom. The van der Waals surface area contributed by atoms with Crippen LogP contribution in [0, 0.1) is 6.92 Å². The van der Waals surface area contributed by atoms with Crippen molar-refractivity contribution in [2.75, 3.05) is 11.9 Å². The van der Waals surface area contributed by atoms with E-state index in [0.29, 0.717) is 5.69 Å². The highest BCUT2D eigenvalue weighted by Crippen LogP contribution is 2.29. The zero-order valence-corrected chi connectivity index (χ0v) is 10.9. The Bertz CT molecular complexity index is 548. The van der Waals surface area contributed by atoms with Gasteiger partial charge < -0.3 is 4.90 Å². The molecule has 0 spiro atoms. The Morgan fingerprint density at radius 2 is 2.06 bits per heavy atom. The van der Waals surface area contributed by atoms with Crippen LogP contribution in [0.15, 0.2) is 29.6 Å². The molecule has 0 atom stereocenters. The van der Waals surface area contributed by atoms with Crippen molar-refractivity contribution < 1.29 is 4.79 Å². The van der Waals surface area contributed by atoms with E-state index in [1.54, 1.807) is 5.38 Å². The number of nitrogens with zero attached hydrogens (tertiary/aromatic N) is 2. The number of thiazole rings is 1. The minimum atomic E-state index is 0.00526. The SMILES string of the molecule is CC(=O)c1csc(N(C)c2ccccc2C)n1. The van der Waals surface area contributed by atoms with Crippen LogP contribution < -0.4 is 4.90 Å². The molecule has 4 heteroatoms. The largest absolute Gasteiger partial charge is 0.321 e. The van der Waals surface area contributed by atoms with E-state index in [9.17, 15) is 4.79 Å². The van der Waals surface area contributed by atoms with Crippen LogP contribution in [-0.2, 0) is 0 Å². The van der Waals surface area contributed by atoms with Crippen LogP contribution in [0.5, 0.6) is 0 Å². The lowest BCUT2D eigenvalue weighted by atomic mass is 10.2. The first-order chi connectivity index (χ1) is 8.09. The Kier molecular flexibility index (Phi) is 3.24. The standard InChI is InChI=1S/C13H14N2OS/c1-9-6-4-5-7-12(9)15(3)13-14-11(8-17-13)10(2)16/h4-8H,1-3H3. The summed E-state index contributed by atoms with van der Waals surface area (Å²) in [7, 11) is 1.96. The molecule has 0 aliphatic heterocycles. The molecular weight excluding hydrogens is 232 g/mol. The molecule has 2 aromatic rings. The van der Waals surface area contributed by atoms with Gasteiger partial charge in [-0.05, 0) is 18.6 Å². The molecule has 88 valence electrons. The maximum absolute atomic E-state index is 11.2. The lowest BCUT2D eigenvalue weighted by Crippen LogP contribution is -2.10. The first-order valence-electron chi connectivity index (χ1n) is 5.35. The van der Waals surface area contributed by atoms with Crippen LogP contribution in [0.2, 0.25) is 0 Å². The summed E-state index contributed by atoms with van der Waals surface area (Å²) >= 11 is 1.48. The van der Waals surface area contributed by atoms with E-state index in [-0.39, 0.29) is 5.78 Å². The summed E-state index contributed by atoms with van der Waals surface area (Å²) in [6, 6.07) is 8.11. The van der Waals surface area contributed by atoms with Gasteiger partial charge in [-0.3, -0.25) is 4.79 Å². The molecule has 0 radical (unpaired) electrons. The lowest BCUT2D eigenvalue weighted by molar-refractivity contribution is 0.101. The van der Waals surface area contributed by atoms with Crippen LogP contribution >= 0.6 is 11.3 Å². The molecule has 0 aliphatic carbocycles. The summed E-state index contributed by atoms with van der Waals surface area (Å²) in [5.74, 6) is 0.00526. The Morgan fingerprint density at radius 3 is 2.65 bits per heavy atom. The number of aromatic nitrogens is 1. The number of para-hydroxylation sites is 1. The maximum atomic E-state index is 11.2. The van der Waals surface area contributed by atoms with Gasteiger partial charge in [0.05, 0.1) is 0 Å². The average molecular weight is 246 g/mol. The zero-order chi connectivity index (χ0) is 12.4. The van der Waals surface area contributed by atoms with Crippen molar-refractivity contribution in [3.63, 3.8) is 0 Å². The Balaban J connectivity index is 2.34. The van der Waals surface area contributed by atoms with Gasteiger partial charge in [0, 0.05) is 25.0 Å². The molecule has 2 rings (SSSR count). The monoisotopic (exact) mass is 246 g/mol. The van der Waals surface area contributed by atoms with Crippen molar-refractivity contribution in [2.24, 2.45) is 0 Å². The fourth-order valence-electron chi connectivity index (χ4n) is 1.62. The third kappa shape index (κ3) is 2.36. The highest BCUT2D eigenvalue weighted by molar-refractivity contribution is 7.14. The van der Waals surface area contributed by atoms with E-state index in [0.717, 1.165) is 10.8 Å². The van der Waals surface area contributed by atoms with Gasteiger partial charge in [0.15, 0.2) is 10.9 Å². The van der Waals surface area contributed by atoms with Crippen molar-refractivity contribution >= 4 is 27.9 Å². The second kappa shape index (κ2) is 4.67. The summed E-state index contributed by atoms with van der Waals surface area (Å²) < 4.78 is 0. The number of carbonyl (C=O) groups is 1. The molecule has 1 aromatic heterocycles. The lowest BCUT2D eigenvalue weighted by Gasteiger charge is -2.17. The number of ketones is 1. The topological polar surface area (TPSA) is 33.2 Å². The van der Waals surface area contributed by atoms with Crippen molar-refractivity contribution in [1.29, 1.82) is 0 Å². The van der Waals surface area contributed by atoms with Gasteiger partial charge >= 0.3 is 0 Å². The minimum absolute atomic E-state index is 0.00526. The van der Waals surface area contributed by atoms with Crippen LogP contribution in [-0.4, -0.2) is 17.8 Å². The van der Waals surface area contributed by atoms with Crippen molar-refractivity contribution in [3.05, 3.63) is 40.9 Å². The summed E-state index contributed by atoms with van der Waals surface area (Å²) in [5, 5.41) is 2.64. The first-order valence-corrected chi connectivity index (χ1v) is 6.23. The number of rotatable bonds is 3. The normalized spacial score (nSPS) is 10.3. The molecule has 0 saturated carbocycles. The number of Topliss-reactive ketones (excluding diaryl/α,β-unsaturated/α-hetero) is 1. The first kappa shape index (κ1) is 11.8. The molecule has 0 aliphatic rings. The number of hydrogen-bond donors (Lipinski definition) is 0. The quantitative estimate of drug-likeness (QED) is 0.778. The fraction of sp³-hybridized carbons (Fsp3) is 0.231. The van der Waals surface area contributed by atoms with E-state index in [4.69, 9.17) is 0 Å². The zero-order valence-electron chi connectivity index (χ0n) is 10.1. The molecule has 1 aromatic carbocycles. The molecule has 0 saturated heterocycles. The smallest absolute Gasteiger partial charge is 0.190 e. The van der Waals surface area contributed by atoms with E-state index in [1.807, 2.05) is 30.1 Å². The van der Waals surface area contributed by atoms with Crippen LogP contribution in [0.25, 0.3) is 0 Å². The number of benzene rings is 1. The molecule has 0 fully saturated rings. The number of aryl methyl sites for hydroxylation is 1. The van der Waals surface area contributed by atoms with Crippen LogP contribution in [0.3, 0.4) is 0 Å². The van der Waals surface area contributed by atoms with Crippen LogP contribution in [0.1, 0.15) is 23.0 Å².